The highest BCUT2D eigenvalue weighted by Crippen LogP contribution is 2.33. The van der Waals surface area contributed by atoms with Gasteiger partial charge in [-0.2, -0.15) is 0 Å². The number of benzene rings is 1. The maximum Gasteiger partial charge on any atom is 0.153 e. The van der Waals surface area contributed by atoms with E-state index in [4.69, 9.17) is 5.84 Å². The number of pyridine rings is 1. The summed E-state index contributed by atoms with van der Waals surface area (Å²) in [7, 11) is 0. The topological polar surface area (TPSA) is 83.2 Å². The maximum atomic E-state index is 14.9. The van der Waals surface area contributed by atoms with E-state index in [1.165, 1.54) is 12.8 Å². The number of anilines is 2. The van der Waals surface area contributed by atoms with E-state index >= 15 is 0 Å². The van der Waals surface area contributed by atoms with E-state index in [0.717, 1.165) is 17.7 Å². The van der Waals surface area contributed by atoms with Gasteiger partial charge in [0.2, 0.25) is 0 Å². The molecule has 0 aliphatic heterocycles. The van der Waals surface area contributed by atoms with Crippen LogP contribution >= 0.6 is 0 Å². The predicted octanol–water partition coefficient (Wildman–Crippen LogP) is 3.28. The van der Waals surface area contributed by atoms with Crippen molar-refractivity contribution in [2.75, 3.05) is 17.3 Å². The van der Waals surface area contributed by atoms with Crippen LogP contribution in [0.15, 0.2) is 24.4 Å². The van der Waals surface area contributed by atoms with E-state index < -0.39 is 6.10 Å². The van der Waals surface area contributed by atoms with Crippen molar-refractivity contribution in [3.05, 3.63) is 52.6 Å². The molecule has 5 N–H and O–H groups in total. The molecule has 134 valence electrons. The lowest BCUT2D eigenvalue weighted by molar-refractivity contribution is 0.197. The highest BCUT2D eigenvalue weighted by atomic mass is 19.1. The average Bonchev–Trinajstić information content (AvgIpc) is 3.40. The van der Waals surface area contributed by atoms with Crippen molar-refractivity contribution in [2.24, 2.45) is 11.8 Å². The normalized spacial score (nSPS) is 15.1. The fourth-order valence-electron chi connectivity index (χ4n) is 2.93. The molecule has 1 aromatic carbocycles. The van der Waals surface area contributed by atoms with Gasteiger partial charge in [0.25, 0.3) is 0 Å². The standard InChI is InChI=1S/C19H25FN4O/c1-11-7-15(12(2)25)17(22-9-11)8-14-5-6-16(19(24-21)18(14)20)23-10-13-3-4-13/h5-7,9,12-13,23-25H,3-4,8,10,21H2,1-2H3. The molecule has 1 saturated carbocycles. The van der Waals surface area contributed by atoms with Crippen molar-refractivity contribution in [2.45, 2.75) is 39.2 Å². The van der Waals surface area contributed by atoms with E-state index in [1.54, 1.807) is 19.2 Å². The molecule has 3 rings (SSSR count). The van der Waals surface area contributed by atoms with E-state index in [0.29, 0.717) is 29.3 Å². The number of aliphatic hydroxyl groups excluding tert-OH is 1. The van der Waals surface area contributed by atoms with Gasteiger partial charge in [0.15, 0.2) is 5.82 Å². The summed E-state index contributed by atoms with van der Waals surface area (Å²) in [5.41, 5.74) is 6.25. The second kappa shape index (κ2) is 7.37. The number of hydrogen-bond acceptors (Lipinski definition) is 5. The number of nitrogens with zero attached hydrogens (tertiary/aromatic N) is 1. The summed E-state index contributed by atoms with van der Waals surface area (Å²) in [6.07, 6.45) is 3.81. The molecule has 0 radical (unpaired) electrons. The summed E-state index contributed by atoms with van der Waals surface area (Å²) in [5.74, 6) is 5.84. The Morgan fingerprint density at radius 3 is 2.80 bits per heavy atom. The van der Waals surface area contributed by atoms with Crippen molar-refractivity contribution in [1.82, 2.24) is 4.98 Å². The first kappa shape index (κ1) is 17.6. The van der Waals surface area contributed by atoms with Gasteiger partial charge >= 0.3 is 0 Å². The van der Waals surface area contributed by atoms with Crippen molar-refractivity contribution in [1.29, 1.82) is 0 Å². The Bertz CT molecular complexity index is 759. The fraction of sp³-hybridized carbons (Fsp3) is 0.421. The molecule has 2 aromatic rings. The number of hydrazine groups is 1. The molecule has 0 spiro atoms. The number of nitrogen functional groups attached to an aromatic ring is 1. The Kier molecular flexibility index (Phi) is 5.20. The lowest BCUT2D eigenvalue weighted by Gasteiger charge is -2.16. The number of aliphatic hydroxyl groups is 1. The lowest BCUT2D eigenvalue weighted by Crippen LogP contribution is -2.15. The van der Waals surface area contributed by atoms with Gasteiger partial charge in [-0.3, -0.25) is 10.8 Å². The molecule has 6 heteroatoms. The molecule has 5 nitrogen and oxygen atoms in total. The van der Waals surface area contributed by atoms with Crippen LogP contribution in [0.3, 0.4) is 0 Å². The highest BCUT2D eigenvalue weighted by Gasteiger charge is 2.22. The van der Waals surface area contributed by atoms with E-state index in [-0.39, 0.29) is 11.5 Å². The van der Waals surface area contributed by atoms with Crippen LogP contribution in [-0.4, -0.2) is 16.6 Å². The first-order valence-corrected chi connectivity index (χ1v) is 8.65. The monoisotopic (exact) mass is 344 g/mol. The third kappa shape index (κ3) is 4.08. The molecule has 1 unspecified atom stereocenters. The highest BCUT2D eigenvalue weighted by molar-refractivity contribution is 5.70. The third-order valence-electron chi connectivity index (χ3n) is 4.59. The minimum atomic E-state index is -0.656. The summed E-state index contributed by atoms with van der Waals surface area (Å²) in [6.45, 7) is 4.44. The molecular weight excluding hydrogens is 319 g/mol. The second-order valence-electron chi connectivity index (χ2n) is 6.83. The van der Waals surface area contributed by atoms with Gasteiger partial charge in [-0.25, -0.2) is 4.39 Å². The van der Waals surface area contributed by atoms with Gasteiger partial charge in [0.1, 0.15) is 5.69 Å². The Labute approximate surface area is 147 Å². The number of nitrogens with one attached hydrogen (secondary N) is 2. The summed E-state index contributed by atoms with van der Waals surface area (Å²) in [5, 5.41) is 13.2. The molecule has 0 saturated heterocycles. The fourth-order valence-corrected chi connectivity index (χ4v) is 2.93. The molecule has 1 heterocycles. The van der Waals surface area contributed by atoms with Crippen LogP contribution in [0.1, 0.15) is 48.3 Å². The van der Waals surface area contributed by atoms with E-state index in [9.17, 15) is 9.50 Å². The Hall–Kier alpha value is -2.18. The largest absolute Gasteiger partial charge is 0.389 e. The lowest BCUT2D eigenvalue weighted by atomic mass is 9.99. The first-order chi connectivity index (χ1) is 12.0. The maximum absolute atomic E-state index is 14.9. The van der Waals surface area contributed by atoms with Gasteiger partial charge < -0.3 is 15.8 Å². The minimum absolute atomic E-state index is 0.267. The number of rotatable bonds is 7. The second-order valence-corrected chi connectivity index (χ2v) is 6.83. The van der Waals surface area contributed by atoms with Gasteiger partial charge in [-0.15, -0.1) is 0 Å². The van der Waals surface area contributed by atoms with Crippen LogP contribution in [0, 0.1) is 18.7 Å². The van der Waals surface area contributed by atoms with E-state index in [1.807, 2.05) is 19.1 Å². The quantitative estimate of drug-likeness (QED) is 0.458. The predicted molar refractivity (Wildman–Crippen MR) is 97.8 cm³/mol. The number of nitrogens with two attached hydrogens (primary N) is 1. The Morgan fingerprint density at radius 1 is 1.40 bits per heavy atom. The van der Waals surface area contributed by atoms with Crippen LogP contribution in [-0.2, 0) is 6.42 Å². The summed E-state index contributed by atoms with van der Waals surface area (Å²) < 4.78 is 14.9. The molecule has 1 aromatic heterocycles. The van der Waals surface area contributed by atoms with Crippen molar-refractivity contribution in [3.63, 3.8) is 0 Å². The molecular formula is C19H25FN4O. The number of hydrogen-bond donors (Lipinski definition) is 4. The van der Waals surface area contributed by atoms with E-state index in [2.05, 4.69) is 15.7 Å². The molecule has 1 fully saturated rings. The zero-order chi connectivity index (χ0) is 18.0. The third-order valence-corrected chi connectivity index (χ3v) is 4.59. The average molecular weight is 344 g/mol. The molecule has 1 aliphatic carbocycles. The van der Waals surface area contributed by atoms with Crippen molar-refractivity contribution in [3.8, 4) is 0 Å². The van der Waals surface area contributed by atoms with Gasteiger partial charge in [-0.1, -0.05) is 12.1 Å². The SMILES string of the molecule is Cc1cnc(Cc2ccc(NCC3CC3)c(NN)c2F)c(C(C)O)c1. The smallest absolute Gasteiger partial charge is 0.153 e. The van der Waals surface area contributed by atoms with Gasteiger partial charge in [-0.05, 0) is 49.8 Å². The van der Waals surface area contributed by atoms with Crippen molar-refractivity contribution < 1.29 is 9.50 Å². The Morgan fingerprint density at radius 2 is 2.16 bits per heavy atom. The summed E-state index contributed by atoms with van der Waals surface area (Å²) in [6, 6.07) is 5.48. The number of halogens is 1. The molecule has 1 aliphatic rings. The minimum Gasteiger partial charge on any atom is -0.389 e. The zero-order valence-electron chi connectivity index (χ0n) is 14.6. The Balaban J connectivity index is 1.87. The summed E-state index contributed by atoms with van der Waals surface area (Å²) in [4.78, 5) is 4.39. The van der Waals surface area contributed by atoms with Gasteiger partial charge in [0, 0.05) is 24.7 Å². The molecule has 0 bridgehead atoms. The zero-order valence-corrected chi connectivity index (χ0v) is 14.6. The van der Waals surface area contributed by atoms with Crippen LogP contribution in [0.25, 0.3) is 0 Å². The first-order valence-electron chi connectivity index (χ1n) is 8.65. The van der Waals surface area contributed by atoms with Crippen LogP contribution in [0.4, 0.5) is 15.8 Å². The van der Waals surface area contributed by atoms with Crippen LogP contribution in [0.5, 0.6) is 0 Å². The number of aryl methyl sites for hydroxylation is 1. The molecule has 1 atom stereocenters. The van der Waals surface area contributed by atoms with Crippen molar-refractivity contribution >= 4 is 11.4 Å². The number of aromatic nitrogens is 1. The molecule has 25 heavy (non-hydrogen) atoms. The van der Waals surface area contributed by atoms with Gasteiger partial charge in [0.05, 0.1) is 17.5 Å². The summed E-state index contributed by atoms with van der Waals surface area (Å²) >= 11 is 0. The molecule has 0 amide bonds. The van der Waals surface area contributed by atoms with Crippen LogP contribution in [0.2, 0.25) is 0 Å². The van der Waals surface area contributed by atoms with Crippen LogP contribution < -0.4 is 16.6 Å².